The van der Waals surface area contributed by atoms with Gasteiger partial charge in [0.2, 0.25) is 0 Å². The Balaban J connectivity index is 0.00000300. The van der Waals surface area contributed by atoms with Gasteiger partial charge in [-0.2, -0.15) is 13.2 Å². The summed E-state index contributed by atoms with van der Waals surface area (Å²) in [4.78, 5) is 18.9. The molecule has 2 aromatic rings. The van der Waals surface area contributed by atoms with Gasteiger partial charge in [-0.15, -0.1) is 12.4 Å². The Morgan fingerprint density at radius 2 is 2.00 bits per heavy atom. The van der Waals surface area contributed by atoms with Crippen LogP contribution in [-0.4, -0.2) is 34.9 Å². The Bertz CT molecular complexity index is 873. The second-order valence-corrected chi connectivity index (χ2v) is 7.71. The third-order valence-corrected chi connectivity index (χ3v) is 5.09. The summed E-state index contributed by atoms with van der Waals surface area (Å²) in [6, 6.07) is 8.05. The van der Waals surface area contributed by atoms with Crippen LogP contribution in [0.1, 0.15) is 36.2 Å². The number of piperidine rings is 1. The largest absolute Gasteiger partial charge is 0.416 e. The number of likely N-dealkylation sites (tertiary alicyclic amines) is 1. The number of benzene rings is 1. The summed E-state index contributed by atoms with van der Waals surface area (Å²) in [6.07, 6.45) is -2.27. The molecule has 9 heteroatoms. The van der Waals surface area contributed by atoms with Crippen molar-refractivity contribution >= 4 is 29.8 Å². The summed E-state index contributed by atoms with van der Waals surface area (Å²) in [5.41, 5.74) is 5.68. The lowest BCUT2D eigenvalue weighted by molar-refractivity contribution is -0.137. The lowest BCUT2D eigenvalue weighted by atomic mass is 9.79. The van der Waals surface area contributed by atoms with Crippen LogP contribution in [0.4, 0.5) is 24.7 Å². The number of halogens is 4. The van der Waals surface area contributed by atoms with Crippen LogP contribution in [0.25, 0.3) is 0 Å². The fraction of sp³-hybridized carbons (Fsp3) is 0.400. The van der Waals surface area contributed by atoms with E-state index in [2.05, 4.69) is 10.3 Å². The number of hydrogen-bond acceptors (Lipinski definition) is 4. The molecule has 1 amide bonds. The predicted molar refractivity (Wildman–Crippen MR) is 108 cm³/mol. The Kier molecular flexibility index (Phi) is 6.80. The minimum atomic E-state index is -4.45. The van der Waals surface area contributed by atoms with Crippen LogP contribution in [0.3, 0.4) is 0 Å². The number of amides is 1. The van der Waals surface area contributed by atoms with Gasteiger partial charge in [-0.25, -0.2) is 4.98 Å². The van der Waals surface area contributed by atoms with E-state index in [1.807, 2.05) is 13.8 Å². The van der Waals surface area contributed by atoms with Crippen LogP contribution in [0, 0.1) is 5.41 Å². The maximum Gasteiger partial charge on any atom is 0.416 e. The number of carbonyl (C=O) groups excluding carboxylic acids is 1. The van der Waals surface area contributed by atoms with Crippen molar-refractivity contribution in [1.82, 2.24) is 9.88 Å². The molecule has 3 rings (SSSR count). The summed E-state index contributed by atoms with van der Waals surface area (Å²) in [5.74, 6) is 0.00190. The van der Waals surface area contributed by atoms with E-state index in [9.17, 15) is 18.0 Å². The van der Waals surface area contributed by atoms with E-state index < -0.39 is 11.7 Å². The first-order valence-corrected chi connectivity index (χ1v) is 9.02. The molecular weight excluding hydrogens is 405 g/mol. The average Bonchev–Trinajstić information content (AvgIpc) is 2.63. The second-order valence-electron chi connectivity index (χ2n) is 7.71. The molecule has 0 radical (unpaired) electrons. The smallest absolute Gasteiger partial charge is 0.340 e. The molecule has 1 saturated heterocycles. The van der Waals surface area contributed by atoms with E-state index in [1.165, 1.54) is 18.3 Å². The van der Waals surface area contributed by atoms with Gasteiger partial charge < -0.3 is 16.0 Å². The number of hydrogen-bond donors (Lipinski definition) is 2. The van der Waals surface area contributed by atoms with Gasteiger partial charge in [-0.05, 0) is 42.2 Å². The van der Waals surface area contributed by atoms with Crippen molar-refractivity contribution < 1.29 is 18.0 Å². The van der Waals surface area contributed by atoms with Crippen LogP contribution in [-0.2, 0) is 6.18 Å². The second kappa shape index (κ2) is 8.59. The molecule has 158 valence electrons. The summed E-state index contributed by atoms with van der Waals surface area (Å²) >= 11 is 0. The lowest BCUT2D eigenvalue weighted by Crippen LogP contribution is -2.54. The zero-order valence-corrected chi connectivity index (χ0v) is 17.0. The van der Waals surface area contributed by atoms with Gasteiger partial charge in [0.1, 0.15) is 5.82 Å². The number of aromatic nitrogens is 1. The number of carbonyl (C=O) groups is 1. The molecule has 5 nitrogen and oxygen atoms in total. The Hall–Kier alpha value is -2.32. The van der Waals surface area contributed by atoms with E-state index in [-0.39, 0.29) is 41.3 Å². The fourth-order valence-electron chi connectivity index (χ4n) is 3.31. The first-order chi connectivity index (χ1) is 13.1. The molecule has 0 aliphatic carbocycles. The highest BCUT2D eigenvalue weighted by molar-refractivity contribution is 5.99. The molecule has 0 saturated carbocycles. The highest BCUT2D eigenvalue weighted by atomic mass is 35.5. The zero-order chi connectivity index (χ0) is 20.5. The molecule has 1 aromatic carbocycles. The maximum absolute atomic E-state index is 13.1. The molecular formula is C20H24ClF3N4O. The number of anilines is 2. The van der Waals surface area contributed by atoms with Crippen molar-refractivity contribution in [3.63, 3.8) is 0 Å². The van der Waals surface area contributed by atoms with Gasteiger partial charge in [0, 0.05) is 31.0 Å². The number of alkyl halides is 3. The highest BCUT2D eigenvalue weighted by Gasteiger charge is 2.36. The number of nitrogens with one attached hydrogen (secondary N) is 1. The van der Waals surface area contributed by atoms with E-state index in [0.717, 1.165) is 12.1 Å². The molecule has 29 heavy (non-hydrogen) atoms. The molecule has 0 bridgehead atoms. The normalized spacial score (nSPS) is 18.7. The van der Waals surface area contributed by atoms with E-state index in [4.69, 9.17) is 5.73 Å². The molecule has 2 heterocycles. The molecule has 0 spiro atoms. The van der Waals surface area contributed by atoms with E-state index in [0.29, 0.717) is 25.1 Å². The van der Waals surface area contributed by atoms with E-state index >= 15 is 0 Å². The van der Waals surface area contributed by atoms with Crippen LogP contribution in [0.15, 0.2) is 42.6 Å². The Labute approximate surface area is 173 Å². The summed E-state index contributed by atoms with van der Waals surface area (Å²) < 4.78 is 38.8. The third kappa shape index (κ3) is 5.19. The Morgan fingerprint density at radius 3 is 2.66 bits per heavy atom. The monoisotopic (exact) mass is 428 g/mol. The predicted octanol–water partition coefficient (Wildman–Crippen LogP) is 4.47. The minimum Gasteiger partial charge on any atom is -0.340 e. The zero-order valence-electron chi connectivity index (χ0n) is 16.2. The van der Waals surface area contributed by atoms with Crippen molar-refractivity contribution in [3.05, 3.63) is 53.7 Å². The SMILES string of the molecule is CC1(C)CN(C(=O)c2cccnc2Nc2cccc(C(F)(F)F)c2)CCC1N.Cl. The molecule has 1 unspecified atom stereocenters. The van der Waals surface area contributed by atoms with Gasteiger partial charge in [-0.1, -0.05) is 19.9 Å². The lowest BCUT2D eigenvalue weighted by Gasteiger charge is -2.42. The number of nitrogens with two attached hydrogens (primary N) is 1. The average molecular weight is 429 g/mol. The van der Waals surface area contributed by atoms with Gasteiger partial charge in [-0.3, -0.25) is 4.79 Å². The number of rotatable bonds is 3. The summed E-state index contributed by atoms with van der Waals surface area (Å²) in [7, 11) is 0. The molecule has 3 N–H and O–H groups in total. The highest BCUT2D eigenvalue weighted by Crippen LogP contribution is 2.32. The van der Waals surface area contributed by atoms with Crippen molar-refractivity contribution in [3.8, 4) is 0 Å². The molecule has 1 aliphatic rings. The first kappa shape index (κ1) is 23.0. The molecule has 1 aromatic heterocycles. The van der Waals surface area contributed by atoms with Crippen molar-refractivity contribution in [2.45, 2.75) is 32.5 Å². The van der Waals surface area contributed by atoms with Crippen molar-refractivity contribution in [1.29, 1.82) is 0 Å². The van der Waals surface area contributed by atoms with Gasteiger partial charge >= 0.3 is 6.18 Å². The van der Waals surface area contributed by atoms with Crippen molar-refractivity contribution in [2.24, 2.45) is 11.1 Å². The van der Waals surface area contributed by atoms with Gasteiger partial charge in [0.15, 0.2) is 0 Å². The Morgan fingerprint density at radius 1 is 1.28 bits per heavy atom. The summed E-state index contributed by atoms with van der Waals surface area (Å²) in [5, 5.41) is 2.85. The standard InChI is InChI=1S/C20H23F3N4O.ClH/c1-19(2)12-27(10-8-16(19)24)18(28)15-7-4-9-25-17(15)26-14-6-3-5-13(11-14)20(21,22)23;/h3-7,9,11,16H,8,10,12,24H2,1-2H3,(H,25,26);1H. The van der Waals surface area contributed by atoms with Crippen LogP contribution in [0.5, 0.6) is 0 Å². The third-order valence-electron chi connectivity index (χ3n) is 5.09. The first-order valence-electron chi connectivity index (χ1n) is 9.02. The molecule has 1 aliphatic heterocycles. The van der Waals surface area contributed by atoms with Crippen LogP contribution < -0.4 is 11.1 Å². The quantitative estimate of drug-likeness (QED) is 0.756. The maximum atomic E-state index is 13.1. The minimum absolute atomic E-state index is 0. The number of nitrogens with zero attached hydrogens (tertiary/aromatic N) is 2. The van der Waals surface area contributed by atoms with Gasteiger partial charge in [0.25, 0.3) is 5.91 Å². The fourth-order valence-corrected chi connectivity index (χ4v) is 3.31. The van der Waals surface area contributed by atoms with E-state index in [1.54, 1.807) is 17.0 Å². The van der Waals surface area contributed by atoms with Crippen molar-refractivity contribution in [2.75, 3.05) is 18.4 Å². The summed E-state index contributed by atoms with van der Waals surface area (Å²) in [6.45, 7) is 5.07. The van der Waals surface area contributed by atoms with Crippen LogP contribution in [0.2, 0.25) is 0 Å². The van der Waals surface area contributed by atoms with Crippen LogP contribution >= 0.6 is 12.4 Å². The number of pyridine rings is 1. The topological polar surface area (TPSA) is 71.2 Å². The molecule has 1 atom stereocenters. The molecule has 1 fully saturated rings. The van der Waals surface area contributed by atoms with Gasteiger partial charge in [0.05, 0.1) is 11.1 Å².